The Kier molecular flexibility index (Phi) is 5.44. The summed E-state index contributed by atoms with van der Waals surface area (Å²) in [6.45, 7) is 1.73. The van der Waals surface area contributed by atoms with Gasteiger partial charge in [-0.25, -0.2) is 0 Å². The Bertz CT molecular complexity index is 242. The zero-order valence-electron chi connectivity index (χ0n) is 6.82. The van der Waals surface area contributed by atoms with Crippen LogP contribution in [0.1, 0.15) is 6.92 Å². The number of nitrogens with zero attached hydrogens (tertiary/aromatic N) is 1. The van der Waals surface area contributed by atoms with Crippen LogP contribution in [0.4, 0.5) is 5.69 Å². The van der Waals surface area contributed by atoms with E-state index in [1.807, 2.05) is 30.3 Å². The molecule has 1 aromatic carbocycles. The summed E-state index contributed by atoms with van der Waals surface area (Å²) in [5.41, 5.74) is 9.08. The van der Waals surface area contributed by atoms with Gasteiger partial charge in [0.15, 0.2) is 0 Å². The molecule has 0 amide bonds. The highest BCUT2D eigenvalue weighted by atomic mass is 127. The lowest BCUT2D eigenvalue weighted by Gasteiger charge is -1.98. The quantitative estimate of drug-likeness (QED) is 0.376. The summed E-state index contributed by atoms with van der Waals surface area (Å²) in [5, 5.41) is 3.84. The predicted octanol–water partition coefficient (Wildman–Crippen LogP) is 2.01. The molecule has 3 nitrogen and oxygen atoms in total. The molecule has 4 heteroatoms. The van der Waals surface area contributed by atoms with E-state index in [-0.39, 0.29) is 24.0 Å². The van der Waals surface area contributed by atoms with Gasteiger partial charge in [0.05, 0.1) is 5.69 Å². The van der Waals surface area contributed by atoms with E-state index in [1.165, 1.54) is 0 Å². The molecule has 0 heterocycles. The SMILES string of the molecule is C/C(N)=N/Nc1ccccc1.I. The molecule has 0 radical (unpaired) electrons. The average molecular weight is 277 g/mol. The van der Waals surface area contributed by atoms with Crippen molar-refractivity contribution in [1.29, 1.82) is 0 Å². The van der Waals surface area contributed by atoms with Gasteiger partial charge >= 0.3 is 0 Å². The lowest BCUT2D eigenvalue weighted by Crippen LogP contribution is -2.07. The third-order valence-corrected chi connectivity index (χ3v) is 1.14. The summed E-state index contributed by atoms with van der Waals surface area (Å²) in [6, 6.07) is 9.66. The van der Waals surface area contributed by atoms with E-state index in [9.17, 15) is 0 Å². The number of hydrogen-bond donors (Lipinski definition) is 2. The number of benzene rings is 1. The molecular formula is C8H12IN3. The molecule has 1 aromatic rings. The number of amidine groups is 1. The summed E-state index contributed by atoms with van der Waals surface area (Å²) in [5.74, 6) is 0.522. The zero-order chi connectivity index (χ0) is 8.10. The molecule has 66 valence electrons. The third kappa shape index (κ3) is 4.17. The van der Waals surface area contributed by atoms with E-state index in [4.69, 9.17) is 5.73 Å². The van der Waals surface area contributed by atoms with Gasteiger partial charge in [-0.2, -0.15) is 5.10 Å². The van der Waals surface area contributed by atoms with Crippen LogP contribution in [0.2, 0.25) is 0 Å². The maximum absolute atomic E-state index is 5.33. The Morgan fingerprint density at radius 3 is 2.42 bits per heavy atom. The molecule has 12 heavy (non-hydrogen) atoms. The van der Waals surface area contributed by atoms with Gasteiger partial charge in [0.2, 0.25) is 0 Å². The summed E-state index contributed by atoms with van der Waals surface area (Å²) in [7, 11) is 0. The fraction of sp³-hybridized carbons (Fsp3) is 0.125. The molecule has 3 N–H and O–H groups in total. The Morgan fingerprint density at radius 2 is 1.92 bits per heavy atom. The maximum atomic E-state index is 5.33. The first-order valence-corrected chi connectivity index (χ1v) is 3.40. The van der Waals surface area contributed by atoms with Crippen molar-refractivity contribution in [3.63, 3.8) is 0 Å². The second-order valence-corrected chi connectivity index (χ2v) is 2.23. The number of nitrogens with two attached hydrogens (primary N) is 1. The first-order valence-electron chi connectivity index (χ1n) is 3.40. The number of halogens is 1. The summed E-state index contributed by atoms with van der Waals surface area (Å²) < 4.78 is 0. The third-order valence-electron chi connectivity index (χ3n) is 1.14. The summed E-state index contributed by atoms with van der Waals surface area (Å²) in [4.78, 5) is 0. The Morgan fingerprint density at radius 1 is 1.33 bits per heavy atom. The van der Waals surface area contributed by atoms with Crippen molar-refractivity contribution in [3.05, 3.63) is 30.3 Å². The van der Waals surface area contributed by atoms with Crippen molar-refractivity contribution in [1.82, 2.24) is 0 Å². The largest absolute Gasteiger partial charge is 0.386 e. The van der Waals surface area contributed by atoms with Gasteiger partial charge in [-0.1, -0.05) is 18.2 Å². The number of anilines is 1. The van der Waals surface area contributed by atoms with Crippen molar-refractivity contribution < 1.29 is 0 Å². The first-order chi connectivity index (χ1) is 5.29. The second-order valence-electron chi connectivity index (χ2n) is 2.23. The van der Waals surface area contributed by atoms with E-state index >= 15 is 0 Å². The van der Waals surface area contributed by atoms with Gasteiger partial charge < -0.3 is 5.73 Å². The minimum Gasteiger partial charge on any atom is -0.386 e. The number of hydrazone groups is 1. The van der Waals surface area contributed by atoms with Crippen LogP contribution in [0.3, 0.4) is 0 Å². The molecule has 0 unspecified atom stereocenters. The van der Waals surface area contributed by atoms with Crippen LogP contribution in [0.15, 0.2) is 35.4 Å². The molecule has 0 bridgehead atoms. The standard InChI is InChI=1S/C8H11N3.HI/c1-7(9)10-11-8-5-3-2-4-6-8;/h2-6,11H,1H3,(H2,9,10);1H. The smallest absolute Gasteiger partial charge is 0.116 e. The monoisotopic (exact) mass is 277 g/mol. The van der Waals surface area contributed by atoms with E-state index < -0.39 is 0 Å². The van der Waals surface area contributed by atoms with Crippen LogP contribution in [0.5, 0.6) is 0 Å². The highest BCUT2D eigenvalue weighted by molar-refractivity contribution is 14.0. The van der Waals surface area contributed by atoms with Crippen molar-refractivity contribution in [2.45, 2.75) is 6.92 Å². The normalized spacial score (nSPS) is 10.2. The molecule has 1 rings (SSSR count). The lowest BCUT2D eigenvalue weighted by molar-refractivity contribution is 1.30. The highest BCUT2D eigenvalue weighted by Gasteiger charge is 1.84. The van der Waals surface area contributed by atoms with Gasteiger partial charge in [-0.05, 0) is 19.1 Å². The second kappa shape index (κ2) is 5.82. The van der Waals surface area contributed by atoms with Crippen LogP contribution in [0.25, 0.3) is 0 Å². The van der Waals surface area contributed by atoms with Gasteiger partial charge in [0.1, 0.15) is 5.84 Å². The fourth-order valence-electron chi connectivity index (χ4n) is 0.665. The van der Waals surface area contributed by atoms with E-state index in [1.54, 1.807) is 6.92 Å². The molecule has 0 aromatic heterocycles. The zero-order valence-corrected chi connectivity index (χ0v) is 9.15. The van der Waals surface area contributed by atoms with Crippen molar-refractivity contribution in [2.75, 3.05) is 5.43 Å². The van der Waals surface area contributed by atoms with Crippen LogP contribution in [-0.2, 0) is 0 Å². The predicted molar refractivity (Wildman–Crippen MR) is 62.8 cm³/mol. The molecule has 0 atom stereocenters. The Balaban J connectivity index is 0.00000121. The highest BCUT2D eigenvalue weighted by Crippen LogP contribution is 2.03. The average Bonchev–Trinajstić information content (AvgIpc) is 2.03. The van der Waals surface area contributed by atoms with Crippen molar-refractivity contribution >= 4 is 35.5 Å². The Labute approximate surface area is 89.1 Å². The lowest BCUT2D eigenvalue weighted by atomic mass is 10.3. The van der Waals surface area contributed by atoms with Crippen molar-refractivity contribution in [3.8, 4) is 0 Å². The summed E-state index contributed by atoms with van der Waals surface area (Å²) in [6.07, 6.45) is 0. The van der Waals surface area contributed by atoms with Gasteiger partial charge in [-0.15, -0.1) is 24.0 Å². The molecular weight excluding hydrogens is 265 g/mol. The maximum Gasteiger partial charge on any atom is 0.116 e. The van der Waals surface area contributed by atoms with Gasteiger partial charge in [0.25, 0.3) is 0 Å². The van der Waals surface area contributed by atoms with E-state index in [2.05, 4.69) is 10.5 Å². The van der Waals surface area contributed by atoms with Gasteiger partial charge in [-0.3, -0.25) is 5.43 Å². The number of hydrogen-bond acceptors (Lipinski definition) is 2. The molecule has 0 saturated heterocycles. The minimum atomic E-state index is 0. The number of para-hydroxylation sites is 1. The fourth-order valence-corrected chi connectivity index (χ4v) is 0.665. The van der Waals surface area contributed by atoms with Crippen LogP contribution < -0.4 is 11.2 Å². The molecule has 0 aliphatic carbocycles. The minimum absolute atomic E-state index is 0. The Hall–Kier alpha value is -0.780. The molecule has 0 saturated carbocycles. The van der Waals surface area contributed by atoms with Gasteiger partial charge in [0, 0.05) is 0 Å². The topological polar surface area (TPSA) is 50.4 Å². The van der Waals surface area contributed by atoms with Crippen LogP contribution in [0, 0.1) is 0 Å². The number of rotatable bonds is 2. The molecule has 0 fully saturated rings. The molecule has 0 aliphatic rings. The summed E-state index contributed by atoms with van der Waals surface area (Å²) >= 11 is 0. The van der Waals surface area contributed by atoms with Crippen LogP contribution >= 0.6 is 24.0 Å². The van der Waals surface area contributed by atoms with E-state index in [0.29, 0.717) is 5.84 Å². The first kappa shape index (κ1) is 11.2. The number of nitrogens with one attached hydrogen (secondary N) is 1. The van der Waals surface area contributed by atoms with Crippen molar-refractivity contribution in [2.24, 2.45) is 10.8 Å². The van der Waals surface area contributed by atoms with Crippen LogP contribution in [-0.4, -0.2) is 5.84 Å². The molecule has 0 aliphatic heterocycles. The van der Waals surface area contributed by atoms with E-state index in [0.717, 1.165) is 5.69 Å². The molecule has 0 spiro atoms.